The molecule has 1 heterocycles. The highest BCUT2D eigenvalue weighted by Gasteiger charge is 2.30. The van der Waals surface area contributed by atoms with E-state index in [1.165, 1.54) is 23.9 Å². The van der Waals surface area contributed by atoms with Crippen molar-refractivity contribution in [3.63, 3.8) is 0 Å². The second kappa shape index (κ2) is 5.12. The smallest absolute Gasteiger partial charge is 0.368 e. The van der Waals surface area contributed by atoms with Crippen molar-refractivity contribution >= 4 is 17.7 Å². The van der Waals surface area contributed by atoms with E-state index in [1.54, 1.807) is 0 Å². The molecule has 2 rings (SSSR count). The Labute approximate surface area is 111 Å². The normalized spacial score (nSPS) is 13.5. The van der Waals surface area contributed by atoms with Crippen molar-refractivity contribution in [3.05, 3.63) is 35.4 Å². The number of nitrogens with one attached hydrogen (secondary N) is 1. The van der Waals surface area contributed by atoms with Crippen molar-refractivity contribution in [3.8, 4) is 0 Å². The second-order valence-electron chi connectivity index (χ2n) is 3.88. The molecular formula is C11H11F3N4S. The maximum atomic E-state index is 12.4. The molecule has 0 fully saturated rings. The topological polar surface area (TPSA) is 67.6 Å². The molecule has 0 amide bonds. The van der Waals surface area contributed by atoms with E-state index in [-0.39, 0.29) is 11.2 Å². The summed E-state index contributed by atoms with van der Waals surface area (Å²) in [5.74, 6) is 0.210. The molecule has 0 spiro atoms. The number of benzene rings is 1. The third kappa shape index (κ3) is 3.40. The first-order valence-corrected chi connectivity index (χ1v) is 6.26. The highest BCUT2D eigenvalue weighted by atomic mass is 32.2. The molecule has 4 nitrogen and oxygen atoms in total. The molecule has 0 aliphatic rings. The summed E-state index contributed by atoms with van der Waals surface area (Å²) in [6.07, 6.45) is -4.31. The third-order valence-corrected chi connectivity index (χ3v) is 3.49. The number of aromatic amines is 1. The monoisotopic (exact) mass is 288 g/mol. The van der Waals surface area contributed by atoms with Gasteiger partial charge in [0.1, 0.15) is 0 Å². The highest BCUT2D eigenvalue weighted by Crippen LogP contribution is 2.35. The number of anilines is 1. The number of aromatic nitrogens is 3. The predicted octanol–water partition coefficient (Wildman–Crippen LogP) is 3.26. The number of halogens is 3. The van der Waals surface area contributed by atoms with Gasteiger partial charge in [0.25, 0.3) is 0 Å². The number of alkyl halides is 3. The Bertz CT molecular complexity index is 550. The van der Waals surface area contributed by atoms with Crippen LogP contribution >= 0.6 is 11.8 Å². The average Bonchev–Trinajstić information content (AvgIpc) is 2.74. The molecule has 0 saturated heterocycles. The van der Waals surface area contributed by atoms with Crippen LogP contribution in [0.2, 0.25) is 0 Å². The lowest BCUT2D eigenvalue weighted by Crippen LogP contribution is -2.04. The fourth-order valence-electron chi connectivity index (χ4n) is 1.48. The summed E-state index contributed by atoms with van der Waals surface area (Å²) >= 11 is 1.32. The minimum absolute atomic E-state index is 0.0718. The molecule has 0 aliphatic heterocycles. The van der Waals surface area contributed by atoms with Crippen molar-refractivity contribution in [2.75, 3.05) is 5.73 Å². The van der Waals surface area contributed by atoms with Gasteiger partial charge in [-0.25, -0.2) is 5.10 Å². The maximum absolute atomic E-state index is 12.4. The van der Waals surface area contributed by atoms with Crippen molar-refractivity contribution < 1.29 is 13.2 Å². The van der Waals surface area contributed by atoms with Gasteiger partial charge in [-0.05, 0) is 24.6 Å². The Balaban J connectivity index is 2.09. The Morgan fingerprint density at radius 2 is 1.89 bits per heavy atom. The molecule has 3 N–H and O–H groups in total. The van der Waals surface area contributed by atoms with Crippen molar-refractivity contribution in [2.45, 2.75) is 23.5 Å². The lowest BCUT2D eigenvalue weighted by atomic mass is 10.1. The Hall–Kier alpha value is -1.70. The molecule has 19 heavy (non-hydrogen) atoms. The molecule has 0 bridgehead atoms. The van der Waals surface area contributed by atoms with Gasteiger partial charge in [-0.3, -0.25) is 0 Å². The fourth-order valence-corrected chi connectivity index (χ4v) is 2.34. The Morgan fingerprint density at radius 3 is 2.37 bits per heavy atom. The first-order valence-electron chi connectivity index (χ1n) is 5.38. The number of nitrogen functional groups attached to an aromatic ring is 1. The van der Waals surface area contributed by atoms with Crippen LogP contribution < -0.4 is 5.73 Å². The van der Waals surface area contributed by atoms with Crippen LogP contribution in [-0.4, -0.2) is 15.2 Å². The molecule has 2 aromatic rings. The molecule has 0 radical (unpaired) electrons. The summed E-state index contributed by atoms with van der Waals surface area (Å²) in [5.41, 5.74) is 5.50. The van der Waals surface area contributed by atoms with Gasteiger partial charge in [0.15, 0.2) is 0 Å². The largest absolute Gasteiger partial charge is 0.416 e. The molecular weight excluding hydrogens is 277 g/mol. The van der Waals surface area contributed by atoms with E-state index in [4.69, 9.17) is 5.73 Å². The van der Waals surface area contributed by atoms with Crippen LogP contribution in [0.3, 0.4) is 0 Å². The van der Waals surface area contributed by atoms with Crippen LogP contribution in [0.4, 0.5) is 19.1 Å². The van der Waals surface area contributed by atoms with Gasteiger partial charge in [0, 0.05) is 5.25 Å². The number of hydrogen-bond donors (Lipinski definition) is 2. The highest BCUT2D eigenvalue weighted by molar-refractivity contribution is 7.99. The second-order valence-corrected chi connectivity index (χ2v) is 5.19. The van der Waals surface area contributed by atoms with Crippen LogP contribution in [0.15, 0.2) is 29.4 Å². The molecule has 1 atom stereocenters. The van der Waals surface area contributed by atoms with Crippen LogP contribution in [0, 0.1) is 0 Å². The van der Waals surface area contributed by atoms with Gasteiger partial charge >= 0.3 is 6.18 Å². The molecule has 0 unspecified atom stereocenters. The number of H-pyrrole nitrogens is 1. The SMILES string of the molecule is C[C@@H](Sc1n[nH]c(N)n1)c1ccc(C(F)(F)F)cc1. The van der Waals surface area contributed by atoms with Gasteiger partial charge in [-0.1, -0.05) is 23.9 Å². The maximum Gasteiger partial charge on any atom is 0.416 e. The van der Waals surface area contributed by atoms with Crippen molar-refractivity contribution in [1.29, 1.82) is 0 Å². The number of thioether (sulfide) groups is 1. The number of nitrogens with two attached hydrogens (primary N) is 1. The lowest BCUT2D eigenvalue weighted by Gasteiger charge is -2.11. The summed E-state index contributed by atoms with van der Waals surface area (Å²) in [5, 5.41) is 6.75. The minimum Gasteiger partial charge on any atom is -0.368 e. The number of nitrogens with zero attached hydrogens (tertiary/aromatic N) is 2. The first kappa shape index (κ1) is 13.7. The van der Waals surface area contributed by atoms with Gasteiger partial charge in [0.05, 0.1) is 5.56 Å². The standard InChI is InChI=1S/C11H11F3N4S/c1-6(19-10-16-9(15)17-18-10)7-2-4-8(5-3-7)11(12,13)14/h2-6H,1H3,(H3,15,16,17,18)/t6-/m1/s1. The summed E-state index contributed by atoms with van der Waals surface area (Å²) in [6, 6.07) is 5.05. The number of hydrogen-bond acceptors (Lipinski definition) is 4. The van der Waals surface area contributed by atoms with Crippen LogP contribution in [0.5, 0.6) is 0 Å². The van der Waals surface area contributed by atoms with Crippen molar-refractivity contribution in [2.24, 2.45) is 0 Å². The molecule has 0 aliphatic carbocycles. The lowest BCUT2D eigenvalue weighted by molar-refractivity contribution is -0.137. The van der Waals surface area contributed by atoms with Crippen LogP contribution in [-0.2, 0) is 6.18 Å². The van der Waals surface area contributed by atoms with Crippen LogP contribution in [0.25, 0.3) is 0 Å². The van der Waals surface area contributed by atoms with Gasteiger partial charge in [-0.2, -0.15) is 18.2 Å². The van der Waals surface area contributed by atoms with E-state index in [9.17, 15) is 13.2 Å². The van der Waals surface area contributed by atoms with E-state index in [1.807, 2.05) is 6.92 Å². The predicted molar refractivity (Wildman–Crippen MR) is 66.5 cm³/mol. The molecule has 8 heteroatoms. The zero-order chi connectivity index (χ0) is 14.0. The van der Waals surface area contributed by atoms with Crippen molar-refractivity contribution in [1.82, 2.24) is 15.2 Å². The van der Waals surface area contributed by atoms with Gasteiger partial charge < -0.3 is 5.73 Å². The number of rotatable bonds is 3. The fraction of sp³-hybridized carbons (Fsp3) is 0.273. The molecule has 102 valence electrons. The zero-order valence-corrected chi connectivity index (χ0v) is 10.7. The summed E-state index contributed by atoms with van der Waals surface area (Å²) in [6.45, 7) is 1.86. The van der Waals surface area contributed by atoms with E-state index in [0.29, 0.717) is 5.16 Å². The van der Waals surface area contributed by atoms with Gasteiger partial charge in [-0.15, -0.1) is 5.10 Å². The zero-order valence-electron chi connectivity index (χ0n) is 9.90. The quantitative estimate of drug-likeness (QED) is 0.851. The summed E-state index contributed by atoms with van der Waals surface area (Å²) < 4.78 is 37.3. The average molecular weight is 288 g/mol. The van der Waals surface area contributed by atoms with E-state index in [0.717, 1.165) is 17.7 Å². The summed E-state index contributed by atoms with van der Waals surface area (Å²) in [4.78, 5) is 3.93. The van der Waals surface area contributed by atoms with E-state index >= 15 is 0 Å². The van der Waals surface area contributed by atoms with Gasteiger partial charge in [0.2, 0.25) is 11.1 Å². The first-order chi connectivity index (χ1) is 8.86. The van der Waals surface area contributed by atoms with Crippen LogP contribution in [0.1, 0.15) is 23.3 Å². The van der Waals surface area contributed by atoms with E-state index in [2.05, 4.69) is 15.2 Å². The molecule has 1 aromatic carbocycles. The molecule has 1 aromatic heterocycles. The minimum atomic E-state index is -4.31. The molecule has 0 saturated carbocycles. The Kier molecular flexibility index (Phi) is 3.70. The third-order valence-electron chi connectivity index (χ3n) is 2.47. The summed E-state index contributed by atoms with van der Waals surface area (Å²) in [7, 11) is 0. The van der Waals surface area contributed by atoms with E-state index < -0.39 is 11.7 Å². The Morgan fingerprint density at radius 1 is 1.26 bits per heavy atom.